The first kappa shape index (κ1) is 12.2. The Hall–Kier alpha value is -1.26. The third-order valence-electron chi connectivity index (χ3n) is 2.53. The Kier molecular flexibility index (Phi) is 3.26. The summed E-state index contributed by atoms with van der Waals surface area (Å²) in [5.41, 5.74) is 0.575. The molecular weight excluding hydrogens is 263 g/mol. The van der Waals surface area contributed by atoms with Crippen LogP contribution in [0.25, 0.3) is 0 Å². The normalized spacial score (nSPS) is 20.4. The van der Waals surface area contributed by atoms with E-state index in [2.05, 4.69) is 5.32 Å². The first-order chi connectivity index (χ1) is 7.99. The monoisotopic (exact) mass is 272 g/mol. The van der Waals surface area contributed by atoms with Gasteiger partial charge in [-0.2, -0.15) is 0 Å². The molecule has 1 fully saturated rings. The minimum absolute atomic E-state index is 0.00113. The number of nitrogens with one attached hydrogen (secondary N) is 1. The highest BCUT2D eigenvalue weighted by Crippen LogP contribution is 2.28. The van der Waals surface area contributed by atoms with Crippen molar-refractivity contribution < 1.29 is 9.59 Å². The maximum Gasteiger partial charge on any atom is 0.249 e. The molecule has 0 aliphatic carbocycles. The number of carbonyl (C=O) groups excluding carboxylic acids is 2. The molecule has 6 heteroatoms. The van der Waals surface area contributed by atoms with Crippen LogP contribution in [0.2, 0.25) is 10.0 Å². The van der Waals surface area contributed by atoms with Gasteiger partial charge in [0, 0.05) is 5.69 Å². The molecule has 1 heterocycles. The van der Waals surface area contributed by atoms with Gasteiger partial charge in [-0.25, -0.2) is 0 Å². The number of anilines is 1. The third-order valence-corrected chi connectivity index (χ3v) is 3.27. The Balaban J connectivity index is 2.34. The van der Waals surface area contributed by atoms with Gasteiger partial charge >= 0.3 is 0 Å². The van der Waals surface area contributed by atoms with E-state index in [0.29, 0.717) is 15.7 Å². The SMILES string of the molecule is CC1NC(=O)CN(c2ccc(Cl)c(Cl)c2)C1=O. The predicted octanol–water partition coefficient (Wildman–Crippen LogP) is 1.84. The Labute approximate surface area is 108 Å². The van der Waals surface area contributed by atoms with Crippen molar-refractivity contribution in [2.75, 3.05) is 11.4 Å². The van der Waals surface area contributed by atoms with Gasteiger partial charge in [-0.05, 0) is 25.1 Å². The van der Waals surface area contributed by atoms with Gasteiger partial charge < -0.3 is 10.2 Å². The molecule has 4 nitrogen and oxygen atoms in total. The summed E-state index contributed by atoms with van der Waals surface area (Å²) in [7, 11) is 0. The topological polar surface area (TPSA) is 49.4 Å². The fraction of sp³-hybridized carbons (Fsp3) is 0.273. The molecule has 1 aromatic rings. The van der Waals surface area contributed by atoms with Gasteiger partial charge in [-0.3, -0.25) is 9.59 Å². The summed E-state index contributed by atoms with van der Waals surface area (Å²) in [4.78, 5) is 24.7. The molecular formula is C11H10Cl2N2O2. The lowest BCUT2D eigenvalue weighted by molar-refractivity contribution is -0.130. The predicted molar refractivity (Wildman–Crippen MR) is 66.4 cm³/mol. The first-order valence-corrected chi connectivity index (χ1v) is 5.80. The molecule has 2 rings (SSSR count). The minimum Gasteiger partial charge on any atom is -0.343 e. The highest BCUT2D eigenvalue weighted by Gasteiger charge is 2.30. The second kappa shape index (κ2) is 4.55. The quantitative estimate of drug-likeness (QED) is 0.848. The summed E-state index contributed by atoms with van der Waals surface area (Å²) >= 11 is 11.7. The maximum atomic E-state index is 11.9. The van der Waals surface area contributed by atoms with Gasteiger partial charge in [0.25, 0.3) is 0 Å². The van der Waals surface area contributed by atoms with Crippen molar-refractivity contribution in [2.45, 2.75) is 13.0 Å². The van der Waals surface area contributed by atoms with Crippen LogP contribution in [-0.4, -0.2) is 24.4 Å². The van der Waals surface area contributed by atoms with Crippen LogP contribution in [0.1, 0.15) is 6.92 Å². The molecule has 0 radical (unpaired) electrons. The first-order valence-electron chi connectivity index (χ1n) is 5.05. The van der Waals surface area contributed by atoms with E-state index >= 15 is 0 Å². The molecule has 1 saturated heterocycles. The molecule has 0 saturated carbocycles. The van der Waals surface area contributed by atoms with Gasteiger partial charge in [-0.1, -0.05) is 23.2 Å². The largest absolute Gasteiger partial charge is 0.343 e. The third kappa shape index (κ3) is 2.37. The van der Waals surface area contributed by atoms with Gasteiger partial charge in [0.2, 0.25) is 11.8 Å². The van der Waals surface area contributed by atoms with E-state index in [4.69, 9.17) is 23.2 Å². The Bertz CT molecular complexity index is 490. The van der Waals surface area contributed by atoms with Crippen molar-refractivity contribution in [1.29, 1.82) is 0 Å². The zero-order valence-electron chi connectivity index (χ0n) is 9.04. The highest BCUT2D eigenvalue weighted by atomic mass is 35.5. The molecule has 1 aliphatic rings. The molecule has 1 atom stereocenters. The van der Waals surface area contributed by atoms with Crippen LogP contribution in [0.4, 0.5) is 5.69 Å². The second-order valence-corrected chi connectivity index (χ2v) is 4.63. The van der Waals surface area contributed by atoms with Crippen LogP contribution in [0.5, 0.6) is 0 Å². The molecule has 0 spiro atoms. The van der Waals surface area contributed by atoms with Crippen LogP contribution in [0.15, 0.2) is 18.2 Å². The summed E-state index contributed by atoms with van der Waals surface area (Å²) in [5, 5.41) is 3.34. The van der Waals surface area contributed by atoms with Crippen molar-refractivity contribution in [3.05, 3.63) is 28.2 Å². The lowest BCUT2D eigenvalue weighted by Crippen LogP contribution is -2.57. The van der Waals surface area contributed by atoms with E-state index in [0.717, 1.165) is 0 Å². The van der Waals surface area contributed by atoms with Gasteiger partial charge in [0.1, 0.15) is 12.6 Å². The number of hydrogen-bond donors (Lipinski definition) is 1. The van der Waals surface area contributed by atoms with Crippen LogP contribution >= 0.6 is 23.2 Å². The fourth-order valence-corrected chi connectivity index (χ4v) is 1.97. The number of benzene rings is 1. The lowest BCUT2D eigenvalue weighted by Gasteiger charge is -2.30. The smallest absolute Gasteiger partial charge is 0.249 e. The molecule has 2 amide bonds. The average Bonchev–Trinajstić information content (AvgIpc) is 2.27. The van der Waals surface area contributed by atoms with E-state index in [-0.39, 0.29) is 18.4 Å². The minimum atomic E-state index is -0.522. The number of nitrogens with zero attached hydrogens (tertiary/aromatic N) is 1. The van der Waals surface area contributed by atoms with E-state index < -0.39 is 6.04 Å². The van der Waals surface area contributed by atoms with Crippen molar-refractivity contribution in [3.63, 3.8) is 0 Å². The summed E-state index contributed by atoms with van der Waals surface area (Å²) in [5.74, 6) is -0.355. The fourth-order valence-electron chi connectivity index (χ4n) is 1.68. The second-order valence-electron chi connectivity index (χ2n) is 3.81. The van der Waals surface area contributed by atoms with Crippen molar-refractivity contribution in [3.8, 4) is 0 Å². The highest BCUT2D eigenvalue weighted by molar-refractivity contribution is 6.42. The van der Waals surface area contributed by atoms with E-state index in [9.17, 15) is 9.59 Å². The standard InChI is InChI=1S/C11H10Cl2N2O2/c1-6-11(17)15(5-10(16)14-6)7-2-3-8(12)9(13)4-7/h2-4,6H,5H2,1H3,(H,14,16). The summed E-state index contributed by atoms with van der Waals surface area (Å²) in [6.07, 6.45) is 0. The molecule has 0 bridgehead atoms. The van der Waals surface area contributed by atoms with E-state index in [1.54, 1.807) is 25.1 Å². The average molecular weight is 273 g/mol. The van der Waals surface area contributed by atoms with Gasteiger partial charge in [0.05, 0.1) is 10.0 Å². The number of carbonyl (C=O) groups is 2. The zero-order valence-corrected chi connectivity index (χ0v) is 10.5. The van der Waals surface area contributed by atoms with Crippen molar-refractivity contribution in [2.24, 2.45) is 0 Å². The number of amides is 2. The number of hydrogen-bond acceptors (Lipinski definition) is 2. The van der Waals surface area contributed by atoms with E-state index in [1.165, 1.54) is 4.90 Å². The zero-order chi connectivity index (χ0) is 12.6. The van der Waals surface area contributed by atoms with Crippen LogP contribution < -0.4 is 10.2 Å². The number of rotatable bonds is 1. The molecule has 1 N–H and O–H groups in total. The summed E-state index contributed by atoms with van der Waals surface area (Å²) in [6.45, 7) is 1.64. The molecule has 0 aromatic heterocycles. The van der Waals surface area contributed by atoms with Gasteiger partial charge in [-0.15, -0.1) is 0 Å². The van der Waals surface area contributed by atoms with Crippen LogP contribution in [0, 0.1) is 0 Å². The Morgan fingerprint density at radius 1 is 1.29 bits per heavy atom. The number of halogens is 2. The molecule has 90 valence electrons. The van der Waals surface area contributed by atoms with Crippen molar-refractivity contribution >= 4 is 40.7 Å². The van der Waals surface area contributed by atoms with Crippen LogP contribution in [0.3, 0.4) is 0 Å². The number of piperazine rings is 1. The molecule has 1 unspecified atom stereocenters. The Morgan fingerprint density at radius 3 is 2.65 bits per heavy atom. The Morgan fingerprint density at radius 2 is 2.00 bits per heavy atom. The lowest BCUT2D eigenvalue weighted by atomic mass is 10.2. The summed E-state index contributed by atoms with van der Waals surface area (Å²) < 4.78 is 0. The van der Waals surface area contributed by atoms with E-state index in [1.807, 2.05) is 0 Å². The van der Waals surface area contributed by atoms with Crippen molar-refractivity contribution in [1.82, 2.24) is 5.32 Å². The maximum absolute atomic E-state index is 11.9. The molecule has 1 aliphatic heterocycles. The summed E-state index contributed by atoms with van der Waals surface area (Å²) in [6, 6.07) is 4.32. The molecule has 17 heavy (non-hydrogen) atoms. The van der Waals surface area contributed by atoms with Crippen LogP contribution in [-0.2, 0) is 9.59 Å². The van der Waals surface area contributed by atoms with Gasteiger partial charge in [0.15, 0.2) is 0 Å². The molecule has 1 aromatic carbocycles.